The van der Waals surface area contributed by atoms with E-state index in [1.807, 2.05) is 13.8 Å². The minimum absolute atomic E-state index is 0.112. The number of aliphatic carboxylic acids is 1. The minimum Gasteiger partial charge on any atom is -0.480 e. The van der Waals surface area contributed by atoms with Crippen LogP contribution in [0.25, 0.3) is 0 Å². The van der Waals surface area contributed by atoms with E-state index in [0.29, 0.717) is 18.5 Å². The number of nitrogens with one attached hydrogen (secondary N) is 1. The maximum absolute atomic E-state index is 11.4. The molecular formula is C12H18N4O4. The molecule has 0 radical (unpaired) electrons. The highest BCUT2D eigenvalue weighted by Gasteiger charge is 2.46. The molecule has 0 amide bonds. The first-order valence-electron chi connectivity index (χ1n) is 6.51. The summed E-state index contributed by atoms with van der Waals surface area (Å²) in [5, 5.41) is 27.6. The lowest BCUT2D eigenvalue weighted by Gasteiger charge is -2.38. The summed E-state index contributed by atoms with van der Waals surface area (Å²) in [4.78, 5) is 22.2. The van der Waals surface area contributed by atoms with Crippen LogP contribution in [-0.4, -0.2) is 31.3 Å². The molecule has 0 saturated heterocycles. The summed E-state index contributed by atoms with van der Waals surface area (Å²) in [6.07, 6.45) is 1.71. The van der Waals surface area contributed by atoms with Gasteiger partial charge in [-0.25, -0.2) is 9.48 Å². The van der Waals surface area contributed by atoms with Crippen molar-refractivity contribution in [1.29, 1.82) is 0 Å². The lowest BCUT2D eigenvalue weighted by Crippen LogP contribution is -2.52. The fourth-order valence-corrected chi connectivity index (χ4v) is 2.39. The van der Waals surface area contributed by atoms with Gasteiger partial charge >= 0.3 is 11.7 Å². The third-order valence-corrected chi connectivity index (χ3v) is 3.75. The van der Waals surface area contributed by atoms with E-state index in [2.05, 4.69) is 10.4 Å². The normalized spacial score (nSPS) is 16.8. The van der Waals surface area contributed by atoms with Crippen molar-refractivity contribution in [1.82, 2.24) is 9.78 Å². The number of carbonyl (C=O) groups is 1. The zero-order valence-electron chi connectivity index (χ0n) is 11.7. The summed E-state index contributed by atoms with van der Waals surface area (Å²) in [7, 11) is 1.58. The Morgan fingerprint density at radius 2 is 2.15 bits per heavy atom. The molecule has 1 aliphatic rings. The second-order valence-corrected chi connectivity index (χ2v) is 5.48. The molecule has 1 aliphatic carbocycles. The van der Waals surface area contributed by atoms with Gasteiger partial charge in [0.1, 0.15) is 11.2 Å². The van der Waals surface area contributed by atoms with E-state index in [-0.39, 0.29) is 17.4 Å². The number of aryl methyl sites for hydroxylation is 1. The van der Waals surface area contributed by atoms with E-state index in [4.69, 9.17) is 0 Å². The molecule has 0 aromatic carbocycles. The van der Waals surface area contributed by atoms with Gasteiger partial charge in [-0.3, -0.25) is 10.1 Å². The number of aromatic nitrogens is 2. The largest absolute Gasteiger partial charge is 0.480 e. The van der Waals surface area contributed by atoms with E-state index < -0.39 is 16.4 Å². The van der Waals surface area contributed by atoms with Crippen molar-refractivity contribution < 1.29 is 14.8 Å². The number of nitro groups is 1. The van der Waals surface area contributed by atoms with Gasteiger partial charge < -0.3 is 10.4 Å². The molecule has 1 fully saturated rings. The predicted octanol–water partition coefficient (Wildman–Crippen LogP) is 1.87. The van der Waals surface area contributed by atoms with Crippen LogP contribution < -0.4 is 5.32 Å². The van der Waals surface area contributed by atoms with Crippen LogP contribution in [0.15, 0.2) is 0 Å². The van der Waals surface area contributed by atoms with Gasteiger partial charge in [-0.15, -0.1) is 0 Å². The average Bonchev–Trinajstić information content (AvgIpc) is 2.60. The quantitative estimate of drug-likeness (QED) is 0.630. The third-order valence-electron chi connectivity index (χ3n) is 3.75. The van der Waals surface area contributed by atoms with Crippen molar-refractivity contribution in [3.05, 3.63) is 15.8 Å². The number of carboxylic acid groups (broad SMARTS) is 1. The van der Waals surface area contributed by atoms with Gasteiger partial charge in [-0.1, -0.05) is 13.8 Å². The molecule has 1 saturated carbocycles. The van der Waals surface area contributed by atoms with Crippen molar-refractivity contribution >= 4 is 17.5 Å². The summed E-state index contributed by atoms with van der Waals surface area (Å²) >= 11 is 0. The van der Waals surface area contributed by atoms with E-state index in [9.17, 15) is 20.0 Å². The Morgan fingerprint density at radius 3 is 2.50 bits per heavy atom. The van der Waals surface area contributed by atoms with Crippen molar-refractivity contribution in [3.63, 3.8) is 0 Å². The summed E-state index contributed by atoms with van der Waals surface area (Å²) in [5.41, 5.74) is -0.873. The molecular weight excluding hydrogens is 264 g/mol. The number of anilines is 1. The van der Waals surface area contributed by atoms with Gasteiger partial charge in [-0.05, 0) is 19.3 Å². The van der Waals surface area contributed by atoms with Crippen molar-refractivity contribution in [2.45, 2.75) is 44.6 Å². The molecule has 110 valence electrons. The molecule has 1 aromatic heterocycles. The minimum atomic E-state index is -1.10. The Morgan fingerprint density at radius 1 is 1.55 bits per heavy atom. The summed E-state index contributed by atoms with van der Waals surface area (Å²) < 4.78 is 1.36. The first-order chi connectivity index (χ1) is 9.28. The zero-order chi connectivity index (χ0) is 15.1. The van der Waals surface area contributed by atoms with Gasteiger partial charge in [0.25, 0.3) is 0 Å². The molecule has 2 rings (SSSR count). The lowest BCUT2D eigenvalue weighted by atomic mass is 9.77. The van der Waals surface area contributed by atoms with Gasteiger partial charge in [-0.2, -0.15) is 5.10 Å². The highest BCUT2D eigenvalue weighted by Crippen LogP contribution is 2.40. The van der Waals surface area contributed by atoms with Gasteiger partial charge in [0.15, 0.2) is 0 Å². The van der Waals surface area contributed by atoms with E-state index >= 15 is 0 Å². The van der Waals surface area contributed by atoms with E-state index in [1.54, 1.807) is 7.05 Å². The molecule has 1 aromatic rings. The molecule has 8 heteroatoms. The standard InChI is InChI=1S/C12H18N4O4/c1-7(2)8-9(16(19)20)10(15(3)14-8)13-12(11(17)18)5-4-6-12/h7,13H,4-6H2,1-3H3,(H,17,18). The maximum atomic E-state index is 11.4. The lowest BCUT2D eigenvalue weighted by molar-refractivity contribution is -0.384. The van der Waals surface area contributed by atoms with Gasteiger partial charge in [0, 0.05) is 13.0 Å². The summed E-state index contributed by atoms with van der Waals surface area (Å²) in [5.74, 6) is -0.925. The monoisotopic (exact) mass is 282 g/mol. The Hall–Kier alpha value is -2.12. The highest BCUT2D eigenvalue weighted by molar-refractivity contribution is 5.84. The van der Waals surface area contributed by atoms with Crippen molar-refractivity contribution in [2.75, 3.05) is 5.32 Å². The Bertz CT molecular complexity index is 560. The molecule has 0 unspecified atom stereocenters. The van der Waals surface area contributed by atoms with E-state index in [0.717, 1.165) is 6.42 Å². The van der Waals surface area contributed by atoms with Gasteiger partial charge in [0.05, 0.1) is 4.92 Å². The van der Waals surface area contributed by atoms with Crippen molar-refractivity contribution in [2.24, 2.45) is 7.05 Å². The topological polar surface area (TPSA) is 110 Å². The summed E-state index contributed by atoms with van der Waals surface area (Å²) in [6.45, 7) is 3.63. The number of rotatable bonds is 5. The summed E-state index contributed by atoms with van der Waals surface area (Å²) in [6, 6.07) is 0. The smallest absolute Gasteiger partial charge is 0.334 e. The van der Waals surface area contributed by atoms with E-state index in [1.165, 1.54) is 4.68 Å². The van der Waals surface area contributed by atoms with Crippen LogP contribution >= 0.6 is 0 Å². The molecule has 0 atom stereocenters. The van der Waals surface area contributed by atoms with Crippen molar-refractivity contribution in [3.8, 4) is 0 Å². The second-order valence-electron chi connectivity index (χ2n) is 5.48. The Kier molecular flexibility index (Phi) is 3.41. The molecule has 0 aliphatic heterocycles. The van der Waals surface area contributed by atoms with Crippen LogP contribution in [0.3, 0.4) is 0 Å². The van der Waals surface area contributed by atoms with Crippen LogP contribution in [0, 0.1) is 10.1 Å². The molecule has 1 heterocycles. The SMILES string of the molecule is CC(C)c1nn(C)c(NC2(C(=O)O)CCC2)c1[N+](=O)[O-]. The van der Waals surface area contributed by atoms with Crippen LogP contribution in [0.5, 0.6) is 0 Å². The van der Waals surface area contributed by atoms with Crippen LogP contribution in [0.4, 0.5) is 11.5 Å². The average molecular weight is 282 g/mol. The van der Waals surface area contributed by atoms with Gasteiger partial charge in [0.2, 0.25) is 5.82 Å². The zero-order valence-corrected chi connectivity index (χ0v) is 11.7. The first kappa shape index (κ1) is 14.3. The predicted molar refractivity (Wildman–Crippen MR) is 71.8 cm³/mol. The molecule has 0 bridgehead atoms. The molecule has 2 N–H and O–H groups in total. The fraction of sp³-hybridized carbons (Fsp3) is 0.667. The van der Waals surface area contributed by atoms with Crippen LogP contribution in [0.1, 0.15) is 44.7 Å². The molecule has 20 heavy (non-hydrogen) atoms. The first-order valence-corrected chi connectivity index (χ1v) is 6.51. The number of nitrogens with zero attached hydrogens (tertiary/aromatic N) is 3. The number of hydrogen-bond donors (Lipinski definition) is 2. The van der Waals surface area contributed by atoms with Crippen LogP contribution in [-0.2, 0) is 11.8 Å². The highest BCUT2D eigenvalue weighted by atomic mass is 16.6. The van der Waals surface area contributed by atoms with Crippen LogP contribution in [0.2, 0.25) is 0 Å². The molecule has 0 spiro atoms. The molecule has 8 nitrogen and oxygen atoms in total. The number of hydrogen-bond acceptors (Lipinski definition) is 5. The maximum Gasteiger partial charge on any atom is 0.334 e. The second kappa shape index (κ2) is 4.77. The third kappa shape index (κ3) is 2.10. The Labute approximate surface area is 115 Å². The fourth-order valence-electron chi connectivity index (χ4n) is 2.39. The Balaban J connectivity index is 2.46. The number of carboxylic acids is 1.